The molecule has 0 aliphatic rings. The van der Waals surface area contributed by atoms with Crippen LogP contribution in [0.5, 0.6) is 0 Å². The van der Waals surface area contributed by atoms with Gasteiger partial charge >= 0.3 is 0 Å². The summed E-state index contributed by atoms with van der Waals surface area (Å²) in [5, 5.41) is 3.60. The summed E-state index contributed by atoms with van der Waals surface area (Å²) in [6.45, 7) is 4.69. The van der Waals surface area contributed by atoms with E-state index in [-0.39, 0.29) is 50.7 Å². The number of hydrogen-bond acceptors (Lipinski definition) is 4. The number of anilines is 1. The maximum atomic E-state index is 13.7. The molecule has 36 heavy (non-hydrogen) atoms. The molecule has 0 bridgehead atoms. The predicted molar refractivity (Wildman–Crippen MR) is 148 cm³/mol. The summed E-state index contributed by atoms with van der Waals surface area (Å²) in [5.74, 6) is -1.02. The molecule has 0 radical (unpaired) electrons. The lowest BCUT2D eigenvalue weighted by Gasteiger charge is -2.33. The number of benzene rings is 2. The molecule has 0 fully saturated rings. The molecular weight excluding hydrogens is 592 g/mol. The van der Waals surface area contributed by atoms with Gasteiger partial charge in [0.15, 0.2) is 0 Å². The molecule has 2 aromatic carbocycles. The van der Waals surface area contributed by atoms with Crippen molar-refractivity contribution in [3.05, 3.63) is 61.0 Å². The first kappa shape index (κ1) is 30.8. The Bertz CT molecular complexity index is 1240. The number of carbonyl (C=O) groups excluding carboxylic acids is 2. The smallest absolute Gasteiger partial charge is 0.244 e. The standard InChI is InChI=1S/C23H26Cl5N3O4S/c1-5-20(23(33)29-13(2)3)30(11-14-6-7-15(24)16(25)8-14)22(32)12-31(36(4,34)35)21-10-18(27)17(26)9-19(21)28/h6-10,13,20H,5,11-12H2,1-4H3,(H,29,33)/t20-/m0/s1. The Morgan fingerprint density at radius 2 is 1.50 bits per heavy atom. The molecule has 0 aromatic heterocycles. The Hall–Kier alpha value is -1.42. The monoisotopic (exact) mass is 615 g/mol. The summed E-state index contributed by atoms with van der Waals surface area (Å²) in [6.07, 6.45) is 1.21. The topological polar surface area (TPSA) is 86.8 Å². The summed E-state index contributed by atoms with van der Waals surface area (Å²) in [4.78, 5) is 28.0. The largest absolute Gasteiger partial charge is 0.352 e. The molecule has 2 aromatic rings. The Morgan fingerprint density at radius 1 is 0.917 bits per heavy atom. The third-order valence-corrected chi connectivity index (χ3v) is 7.98. The zero-order valence-electron chi connectivity index (χ0n) is 20.0. The van der Waals surface area contributed by atoms with Crippen molar-refractivity contribution in [1.82, 2.24) is 10.2 Å². The zero-order chi connectivity index (χ0) is 27.4. The third kappa shape index (κ3) is 8.04. The van der Waals surface area contributed by atoms with E-state index in [0.29, 0.717) is 10.6 Å². The van der Waals surface area contributed by atoms with Crippen LogP contribution in [0.15, 0.2) is 30.3 Å². The van der Waals surface area contributed by atoms with Crippen molar-refractivity contribution in [3.8, 4) is 0 Å². The molecule has 0 unspecified atom stereocenters. The molecule has 0 aliphatic heterocycles. The second-order valence-corrected chi connectivity index (χ2v) is 12.3. The normalized spacial score (nSPS) is 12.4. The highest BCUT2D eigenvalue weighted by Crippen LogP contribution is 2.35. The van der Waals surface area contributed by atoms with Gasteiger partial charge in [-0.2, -0.15) is 0 Å². The number of carbonyl (C=O) groups is 2. The lowest BCUT2D eigenvalue weighted by atomic mass is 10.1. The fourth-order valence-electron chi connectivity index (χ4n) is 3.43. The lowest BCUT2D eigenvalue weighted by molar-refractivity contribution is -0.140. The third-order valence-electron chi connectivity index (χ3n) is 5.09. The Balaban J connectivity index is 2.53. The molecule has 2 amide bonds. The minimum atomic E-state index is -3.99. The van der Waals surface area contributed by atoms with Crippen molar-refractivity contribution in [1.29, 1.82) is 0 Å². The van der Waals surface area contributed by atoms with Gasteiger partial charge in [0.1, 0.15) is 12.6 Å². The van der Waals surface area contributed by atoms with Crippen molar-refractivity contribution < 1.29 is 18.0 Å². The molecule has 0 heterocycles. The molecule has 0 aliphatic carbocycles. The average molecular weight is 618 g/mol. The predicted octanol–water partition coefficient (Wildman–Crippen LogP) is 6.05. The molecular formula is C23H26Cl5N3O4S. The van der Waals surface area contributed by atoms with Gasteiger partial charge in [-0.1, -0.05) is 71.0 Å². The first-order valence-electron chi connectivity index (χ1n) is 10.8. The van der Waals surface area contributed by atoms with Gasteiger partial charge in [0.05, 0.1) is 37.1 Å². The Morgan fingerprint density at radius 3 is 2.03 bits per heavy atom. The van der Waals surface area contributed by atoms with E-state index in [4.69, 9.17) is 58.0 Å². The number of rotatable bonds is 10. The van der Waals surface area contributed by atoms with Crippen molar-refractivity contribution >= 4 is 85.5 Å². The molecule has 0 saturated heterocycles. The van der Waals surface area contributed by atoms with Crippen LogP contribution in [0.1, 0.15) is 32.8 Å². The summed E-state index contributed by atoms with van der Waals surface area (Å²) in [7, 11) is -3.99. The van der Waals surface area contributed by atoms with E-state index in [2.05, 4.69) is 5.32 Å². The number of hydrogen-bond donors (Lipinski definition) is 1. The summed E-state index contributed by atoms with van der Waals surface area (Å²) < 4.78 is 26.2. The highest BCUT2D eigenvalue weighted by atomic mass is 35.5. The maximum absolute atomic E-state index is 13.7. The van der Waals surface area contributed by atoms with E-state index in [1.807, 2.05) is 0 Å². The van der Waals surface area contributed by atoms with Crippen molar-refractivity contribution in [2.75, 3.05) is 17.1 Å². The SMILES string of the molecule is CC[C@@H](C(=O)NC(C)C)N(Cc1ccc(Cl)c(Cl)c1)C(=O)CN(c1cc(Cl)c(Cl)cc1Cl)S(C)(=O)=O. The molecule has 198 valence electrons. The molecule has 13 heteroatoms. The van der Waals surface area contributed by atoms with Gasteiger partial charge in [0.25, 0.3) is 0 Å². The maximum Gasteiger partial charge on any atom is 0.244 e. The van der Waals surface area contributed by atoms with Crippen LogP contribution in [0.3, 0.4) is 0 Å². The van der Waals surface area contributed by atoms with Crippen LogP contribution in [-0.2, 0) is 26.2 Å². The minimum Gasteiger partial charge on any atom is -0.352 e. The highest BCUT2D eigenvalue weighted by Gasteiger charge is 2.32. The van der Waals surface area contributed by atoms with Gasteiger partial charge in [-0.05, 0) is 50.1 Å². The molecule has 0 saturated carbocycles. The van der Waals surface area contributed by atoms with Gasteiger partial charge in [-0.3, -0.25) is 13.9 Å². The Labute approximate surface area is 236 Å². The fourth-order valence-corrected chi connectivity index (χ4v) is 5.30. The molecule has 7 nitrogen and oxygen atoms in total. The van der Waals surface area contributed by atoms with E-state index in [1.54, 1.807) is 39.0 Å². The molecule has 1 N–H and O–H groups in total. The first-order valence-corrected chi connectivity index (χ1v) is 14.6. The molecule has 1 atom stereocenters. The van der Waals surface area contributed by atoms with Gasteiger partial charge in [0.2, 0.25) is 21.8 Å². The van der Waals surface area contributed by atoms with E-state index in [1.165, 1.54) is 17.0 Å². The fraction of sp³-hybridized carbons (Fsp3) is 0.391. The average Bonchev–Trinajstić information content (AvgIpc) is 2.75. The van der Waals surface area contributed by atoms with Crippen molar-refractivity contribution in [3.63, 3.8) is 0 Å². The van der Waals surface area contributed by atoms with E-state index < -0.39 is 28.5 Å². The van der Waals surface area contributed by atoms with Crippen LogP contribution < -0.4 is 9.62 Å². The lowest BCUT2D eigenvalue weighted by Crippen LogP contribution is -2.53. The number of sulfonamides is 1. The van der Waals surface area contributed by atoms with E-state index in [0.717, 1.165) is 10.6 Å². The highest BCUT2D eigenvalue weighted by molar-refractivity contribution is 7.92. The summed E-state index contributed by atoms with van der Waals surface area (Å²) in [5.41, 5.74) is 0.586. The second-order valence-electron chi connectivity index (χ2n) is 8.34. The van der Waals surface area contributed by atoms with Crippen LogP contribution in [0, 0.1) is 0 Å². The summed E-state index contributed by atoms with van der Waals surface area (Å²) >= 11 is 30.5. The molecule has 2 rings (SSSR count). The first-order chi connectivity index (χ1) is 16.6. The van der Waals surface area contributed by atoms with Gasteiger partial charge < -0.3 is 10.2 Å². The van der Waals surface area contributed by atoms with E-state index >= 15 is 0 Å². The van der Waals surface area contributed by atoms with Crippen LogP contribution in [0.2, 0.25) is 25.1 Å². The van der Waals surface area contributed by atoms with Gasteiger partial charge in [-0.15, -0.1) is 0 Å². The van der Waals surface area contributed by atoms with Gasteiger partial charge in [0, 0.05) is 12.6 Å². The van der Waals surface area contributed by atoms with Crippen molar-refractivity contribution in [2.45, 2.75) is 45.8 Å². The quantitative estimate of drug-likeness (QED) is 0.329. The van der Waals surface area contributed by atoms with E-state index in [9.17, 15) is 18.0 Å². The van der Waals surface area contributed by atoms with Crippen LogP contribution in [0.4, 0.5) is 5.69 Å². The minimum absolute atomic E-state index is 0.0109. The number of nitrogens with zero attached hydrogens (tertiary/aromatic N) is 2. The van der Waals surface area contributed by atoms with Gasteiger partial charge in [-0.25, -0.2) is 8.42 Å². The summed E-state index contributed by atoms with van der Waals surface area (Å²) in [6, 6.07) is 6.34. The van der Waals surface area contributed by atoms with Crippen molar-refractivity contribution in [2.24, 2.45) is 0 Å². The van der Waals surface area contributed by atoms with Crippen LogP contribution in [0.25, 0.3) is 0 Å². The molecule has 0 spiro atoms. The number of halogens is 5. The Kier molecular flexibility index (Phi) is 11.0. The zero-order valence-corrected chi connectivity index (χ0v) is 24.6. The number of amides is 2. The number of nitrogens with one attached hydrogen (secondary N) is 1. The van der Waals surface area contributed by atoms with Crippen LogP contribution in [-0.4, -0.2) is 50.0 Å². The van der Waals surface area contributed by atoms with Crippen LogP contribution >= 0.6 is 58.0 Å². The second kappa shape index (κ2) is 12.9.